The van der Waals surface area contributed by atoms with Gasteiger partial charge >= 0.3 is 0 Å². The Labute approximate surface area is 96.4 Å². The van der Waals surface area contributed by atoms with Crippen LogP contribution in [-0.2, 0) is 9.59 Å². The van der Waals surface area contributed by atoms with Crippen molar-refractivity contribution in [2.45, 2.75) is 38.5 Å². The maximum Gasteiger partial charge on any atom is 0.241 e. The molecule has 1 N–H and O–H groups in total. The monoisotopic (exact) mass is 224 g/mol. The predicted octanol–water partition coefficient (Wildman–Crippen LogP) is 0.915. The molecule has 1 aliphatic carbocycles. The molecule has 4 nitrogen and oxygen atoms in total. The summed E-state index contributed by atoms with van der Waals surface area (Å²) in [5.74, 6) is 0.875. The zero-order valence-electron chi connectivity index (χ0n) is 9.71. The smallest absolute Gasteiger partial charge is 0.241 e. The third kappa shape index (κ3) is 2.97. The number of nitrogens with zero attached hydrogens (tertiary/aromatic N) is 1. The summed E-state index contributed by atoms with van der Waals surface area (Å²) in [4.78, 5) is 24.7. The molecule has 2 rings (SSSR count). The number of carbonyl (C=O) groups excluding carboxylic acids is 2. The molecular formula is C12H20N2O2. The SMILES string of the molecule is O=C1CCN(CCC2CCCC2)C(=O)CN1. The first-order chi connectivity index (χ1) is 7.75. The molecule has 0 atom stereocenters. The van der Waals surface area contributed by atoms with Gasteiger partial charge in [-0.1, -0.05) is 25.7 Å². The van der Waals surface area contributed by atoms with E-state index < -0.39 is 0 Å². The molecule has 16 heavy (non-hydrogen) atoms. The van der Waals surface area contributed by atoms with Crippen molar-refractivity contribution in [3.8, 4) is 0 Å². The van der Waals surface area contributed by atoms with Gasteiger partial charge in [-0.05, 0) is 12.3 Å². The minimum Gasteiger partial charge on any atom is -0.347 e. The van der Waals surface area contributed by atoms with Gasteiger partial charge < -0.3 is 10.2 Å². The minimum absolute atomic E-state index is 0.00304. The molecule has 2 aliphatic rings. The summed E-state index contributed by atoms with van der Waals surface area (Å²) < 4.78 is 0. The lowest BCUT2D eigenvalue weighted by Crippen LogP contribution is -2.36. The van der Waals surface area contributed by atoms with Crippen molar-refractivity contribution in [1.82, 2.24) is 10.2 Å². The second kappa shape index (κ2) is 5.32. The molecular weight excluding hydrogens is 204 g/mol. The summed E-state index contributed by atoms with van der Waals surface area (Å²) in [6.45, 7) is 1.61. The molecule has 1 saturated carbocycles. The average molecular weight is 224 g/mol. The van der Waals surface area contributed by atoms with Crippen LogP contribution in [0.25, 0.3) is 0 Å². The lowest BCUT2D eigenvalue weighted by molar-refractivity contribution is -0.130. The van der Waals surface area contributed by atoms with Crippen LogP contribution >= 0.6 is 0 Å². The molecule has 0 spiro atoms. The fraction of sp³-hybridized carbons (Fsp3) is 0.833. The first kappa shape index (κ1) is 11.4. The summed E-state index contributed by atoms with van der Waals surface area (Å²) in [6, 6.07) is 0. The van der Waals surface area contributed by atoms with Gasteiger partial charge in [0.15, 0.2) is 0 Å². The Kier molecular flexibility index (Phi) is 3.80. The highest BCUT2D eigenvalue weighted by Crippen LogP contribution is 2.27. The fourth-order valence-electron chi connectivity index (χ4n) is 2.61. The molecule has 1 aliphatic heterocycles. The van der Waals surface area contributed by atoms with E-state index in [0.717, 1.165) is 18.9 Å². The van der Waals surface area contributed by atoms with Crippen molar-refractivity contribution in [2.75, 3.05) is 19.6 Å². The van der Waals surface area contributed by atoms with E-state index in [1.54, 1.807) is 0 Å². The number of hydrogen-bond acceptors (Lipinski definition) is 2. The van der Waals surface area contributed by atoms with Gasteiger partial charge in [-0.15, -0.1) is 0 Å². The van der Waals surface area contributed by atoms with E-state index in [0.29, 0.717) is 13.0 Å². The van der Waals surface area contributed by atoms with Crippen LogP contribution in [-0.4, -0.2) is 36.3 Å². The highest BCUT2D eigenvalue weighted by atomic mass is 16.2. The van der Waals surface area contributed by atoms with Gasteiger partial charge in [0, 0.05) is 19.5 Å². The minimum atomic E-state index is -0.00304. The molecule has 0 bridgehead atoms. The Morgan fingerprint density at radius 1 is 1.25 bits per heavy atom. The van der Waals surface area contributed by atoms with Gasteiger partial charge in [0.05, 0.1) is 6.54 Å². The number of rotatable bonds is 3. The molecule has 0 aromatic heterocycles. The Morgan fingerprint density at radius 3 is 2.75 bits per heavy atom. The van der Waals surface area contributed by atoms with E-state index in [4.69, 9.17) is 0 Å². The first-order valence-electron chi connectivity index (χ1n) is 6.30. The quantitative estimate of drug-likeness (QED) is 0.775. The van der Waals surface area contributed by atoms with Crippen LogP contribution in [0.5, 0.6) is 0 Å². The van der Waals surface area contributed by atoms with Crippen molar-refractivity contribution >= 4 is 11.8 Å². The number of amides is 2. The highest BCUT2D eigenvalue weighted by molar-refractivity contribution is 5.87. The van der Waals surface area contributed by atoms with E-state index in [1.165, 1.54) is 25.7 Å². The van der Waals surface area contributed by atoms with Crippen molar-refractivity contribution in [2.24, 2.45) is 5.92 Å². The van der Waals surface area contributed by atoms with Crippen LogP contribution in [0.1, 0.15) is 38.5 Å². The first-order valence-corrected chi connectivity index (χ1v) is 6.30. The lowest BCUT2D eigenvalue weighted by atomic mass is 10.0. The van der Waals surface area contributed by atoms with Crippen molar-refractivity contribution in [3.63, 3.8) is 0 Å². The molecule has 2 fully saturated rings. The molecule has 0 radical (unpaired) electrons. The van der Waals surface area contributed by atoms with Crippen molar-refractivity contribution in [1.29, 1.82) is 0 Å². The maximum atomic E-state index is 11.7. The van der Waals surface area contributed by atoms with Gasteiger partial charge in [-0.2, -0.15) is 0 Å². The van der Waals surface area contributed by atoms with E-state index in [9.17, 15) is 9.59 Å². The second-order valence-corrected chi connectivity index (χ2v) is 4.85. The molecule has 1 saturated heterocycles. The summed E-state index contributed by atoms with van der Waals surface area (Å²) in [5, 5.41) is 2.62. The van der Waals surface area contributed by atoms with E-state index in [1.807, 2.05) is 4.90 Å². The molecule has 2 amide bonds. The third-order valence-electron chi connectivity index (χ3n) is 3.68. The summed E-state index contributed by atoms with van der Waals surface area (Å²) in [7, 11) is 0. The van der Waals surface area contributed by atoms with Crippen LogP contribution in [0.3, 0.4) is 0 Å². The van der Waals surface area contributed by atoms with E-state index in [2.05, 4.69) is 5.32 Å². The summed E-state index contributed by atoms with van der Waals surface area (Å²) in [5.41, 5.74) is 0. The van der Waals surface area contributed by atoms with Gasteiger partial charge in [0.1, 0.15) is 0 Å². The van der Waals surface area contributed by atoms with Crippen molar-refractivity contribution < 1.29 is 9.59 Å². The standard InChI is InChI=1S/C12H20N2O2/c15-11-6-8-14(12(16)9-13-11)7-5-10-3-1-2-4-10/h10H,1-9H2,(H,13,15). The second-order valence-electron chi connectivity index (χ2n) is 4.85. The van der Waals surface area contributed by atoms with Crippen LogP contribution in [0.15, 0.2) is 0 Å². The maximum absolute atomic E-state index is 11.7. The Hall–Kier alpha value is -1.06. The summed E-state index contributed by atoms with van der Waals surface area (Å²) in [6.07, 6.45) is 6.89. The molecule has 0 unspecified atom stereocenters. The fourth-order valence-corrected chi connectivity index (χ4v) is 2.61. The Balaban J connectivity index is 1.78. The van der Waals surface area contributed by atoms with E-state index in [-0.39, 0.29) is 18.4 Å². The number of hydrogen-bond donors (Lipinski definition) is 1. The molecule has 0 aromatic rings. The predicted molar refractivity (Wildman–Crippen MR) is 60.8 cm³/mol. The zero-order chi connectivity index (χ0) is 11.4. The van der Waals surface area contributed by atoms with Crippen LogP contribution in [0.4, 0.5) is 0 Å². The van der Waals surface area contributed by atoms with Crippen molar-refractivity contribution in [3.05, 3.63) is 0 Å². The molecule has 1 heterocycles. The van der Waals surface area contributed by atoms with E-state index >= 15 is 0 Å². The third-order valence-corrected chi connectivity index (χ3v) is 3.68. The van der Waals surface area contributed by atoms with Crippen LogP contribution < -0.4 is 5.32 Å². The Bertz CT molecular complexity index is 272. The zero-order valence-corrected chi connectivity index (χ0v) is 9.71. The van der Waals surface area contributed by atoms with Gasteiger partial charge in [0.25, 0.3) is 0 Å². The highest BCUT2D eigenvalue weighted by Gasteiger charge is 2.22. The van der Waals surface area contributed by atoms with Gasteiger partial charge in [-0.3, -0.25) is 9.59 Å². The molecule has 4 heteroatoms. The summed E-state index contributed by atoms with van der Waals surface area (Å²) >= 11 is 0. The Morgan fingerprint density at radius 2 is 2.00 bits per heavy atom. The normalized spacial score (nSPS) is 23.4. The number of nitrogens with one attached hydrogen (secondary N) is 1. The lowest BCUT2D eigenvalue weighted by Gasteiger charge is -2.21. The topological polar surface area (TPSA) is 49.4 Å². The van der Waals surface area contributed by atoms with Gasteiger partial charge in [-0.25, -0.2) is 0 Å². The van der Waals surface area contributed by atoms with Crippen LogP contribution in [0, 0.1) is 5.92 Å². The largest absolute Gasteiger partial charge is 0.347 e. The van der Waals surface area contributed by atoms with Gasteiger partial charge in [0.2, 0.25) is 11.8 Å². The molecule has 0 aromatic carbocycles. The number of carbonyl (C=O) groups is 2. The van der Waals surface area contributed by atoms with Crippen LogP contribution in [0.2, 0.25) is 0 Å². The molecule has 90 valence electrons. The average Bonchev–Trinajstić information content (AvgIpc) is 2.73.